The van der Waals surface area contributed by atoms with Crippen molar-refractivity contribution in [3.63, 3.8) is 0 Å². The summed E-state index contributed by atoms with van der Waals surface area (Å²) in [6.07, 6.45) is 1.37. The molecule has 2 aromatic heterocycles. The number of ether oxygens (including phenoxy) is 1. The van der Waals surface area contributed by atoms with Crippen molar-refractivity contribution in [3.05, 3.63) is 54.4 Å². The van der Waals surface area contributed by atoms with Crippen LogP contribution in [0, 0.1) is 0 Å². The van der Waals surface area contributed by atoms with Gasteiger partial charge in [-0.3, -0.25) is 0 Å². The number of nitrogens with zero attached hydrogens (tertiary/aromatic N) is 2. The molecule has 3 rings (SSSR count). The highest BCUT2D eigenvalue weighted by Crippen LogP contribution is 2.27. The molecule has 118 valence electrons. The van der Waals surface area contributed by atoms with E-state index in [-0.39, 0.29) is 22.0 Å². The first-order chi connectivity index (χ1) is 10.9. The molecule has 0 amide bonds. The minimum atomic E-state index is -4.07. The molecular weight excluding hydrogens is 320 g/mol. The molecule has 8 heteroatoms. The predicted molar refractivity (Wildman–Crippen MR) is 82.3 cm³/mol. The van der Waals surface area contributed by atoms with Crippen LogP contribution in [0.15, 0.2) is 53.6 Å². The number of fused-ring (bicyclic) bond motifs is 1. The second-order valence-electron chi connectivity index (χ2n) is 4.70. The molecule has 0 aliphatic heterocycles. The van der Waals surface area contributed by atoms with Crippen LogP contribution in [0.25, 0.3) is 10.9 Å². The lowest BCUT2D eigenvalue weighted by Crippen LogP contribution is -2.18. The van der Waals surface area contributed by atoms with Crippen LogP contribution in [-0.2, 0) is 10.0 Å². The average molecular weight is 332 g/mol. The van der Waals surface area contributed by atoms with Crippen LogP contribution in [0.4, 0.5) is 0 Å². The van der Waals surface area contributed by atoms with E-state index in [0.29, 0.717) is 5.39 Å². The van der Waals surface area contributed by atoms with Gasteiger partial charge < -0.3 is 9.84 Å². The minimum Gasteiger partial charge on any atom is -0.481 e. The Morgan fingerprint density at radius 1 is 1.22 bits per heavy atom. The molecule has 0 saturated heterocycles. The quantitative estimate of drug-likeness (QED) is 0.784. The molecular formula is C15H12N2O5S. The summed E-state index contributed by atoms with van der Waals surface area (Å²) in [6, 6.07) is 10.3. The number of aromatic nitrogens is 2. The molecule has 1 aromatic carbocycles. The Morgan fingerprint density at radius 2 is 1.91 bits per heavy atom. The lowest BCUT2D eigenvalue weighted by Gasteiger charge is -2.10. The van der Waals surface area contributed by atoms with E-state index in [1.165, 1.54) is 37.6 Å². The lowest BCUT2D eigenvalue weighted by atomic mass is 10.3. The fraction of sp³-hybridized carbons (Fsp3) is 0.0667. The first-order valence-corrected chi connectivity index (χ1v) is 7.98. The molecule has 1 N–H and O–H groups in total. The molecule has 23 heavy (non-hydrogen) atoms. The summed E-state index contributed by atoms with van der Waals surface area (Å²) in [7, 11) is -2.68. The van der Waals surface area contributed by atoms with Crippen LogP contribution in [0.1, 0.15) is 10.5 Å². The van der Waals surface area contributed by atoms with E-state index in [1.54, 1.807) is 18.2 Å². The summed E-state index contributed by atoms with van der Waals surface area (Å²) in [5, 5.41) is 9.76. The molecule has 2 heterocycles. The van der Waals surface area contributed by atoms with Crippen LogP contribution >= 0.6 is 0 Å². The number of benzene rings is 1. The number of carbonyl (C=O) groups is 1. The summed E-state index contributed by atoms with van der Waals surface area (Å²) in [5.41, 5.74) is -0.169. The molecule has 0 bridgehead atoms. The summed E-state index contributed by atoms with van der Waals surface area (Å²) in [6.45, 7) is 0. The van der Waals surface area contributed by atoms with Gasteiger partial charge in [0.15, 0.2) is 0 Å². The Bertz CT molecular complexity index is 993. The molecule has 0 atom stereocenters. The molecule has 0 unspecified atom stereocenters. The zero-order valence-corrected chi connectivity index (χ0v) is 12.8. The van der Waals surface area contributed by atoms with Crippen molar-refractivity contribution in [3.8, 4) is 5.88 Å². The van der Waals surface area contributed by atoms with Gasteiger partial charge in [0.1, 0.15) is 5.69 Å². The van der Waals surface area contributed by atoms with Gasteiger partial charge in [-0.15, -0.1) is 0 Å². The standard InChI is InChI=1S/C15H12N2O5S/c1-22-14-8-12-10(9-16-14)7-13(15(18)19)17(12)23(20,21)11-5-3-2-4-6-11/h2-9H,1H3,(H,18,19). The average Bonchev–Trinajstić information content (AvgIpc) is 2.95. The summed E-state index contributed by atoms with van der Waals surface area (Å²) >= 11 is 0. The second-order valence-corrected chi connectivity index (χ2v) is 6.49. The van der Waals surface area contributed by atoms with Gasteiger partial charge >= 0.3 is 5.97 Å². The first-order valence-electron chi connectivity index (χ1n) is 6.54. The molecule has 0 saturated carbocycles. The van der Waals surface area contributed by atoms with Crippen LogP contribution < -0.4 is 4.74 Å². The second kappa shape index (κ2) is 5.40. The number of hydrogen-bond donors (Lipinski definition) is 1. The van der Waals surface area contributed by atoms with E-state index in [0.717, 1.165) is 3.97 Å². The number of carboxylic acids is 1. The van der Waals surface area contributed by atoms with E-state index >= 15 is 0 Å². The maximum Gasteiger partial charge on any atom is 0.353 e. The van der Waals surface area contributed by atoms with Crippen molar-refractivity contribution in [1.82, 2.24) is 8.96 Å². The van der Waals surface area contributed by atoms with Crippen molar-refractivity contribution < 1.29 is 23.1 Å². The third-order valence-electron chi connectivity index (χ3n) is 3.33. The number of carboxylic acid groups (broad SMARTS) is 1. The largest absolute Gasteiger partial charge is 0.481 e. The van der Waals surface area contributed by atoms with Gasteiger partial charge in [0.25, 0.3) is 10.0 Å². The zero-order chi connectivity index (χ0) is 16.6. The highest BCUT2D eigenvalue weighted by molar-refractivity contribution is 7.90. The molecule has 0 aliphatic carbocycles. The number of aromatic carboxylic acids is 1. The molecule has 0 fully saturated rings. The van der Waals surface area contributed by atoms with E-state index in [9.17, 15) is 18.3 Å². The summed E-state index contributed by atoms with van der Waals surface area (Å²) in [5.74, 6) is -1.16. The van der Waals surface area contributed by atoms with Gasteiger partial charge in [0, 0.05) is 17.6 Å². The summed E-state index contributed by atoms with van der Waals surface area (Å²) < 4.78 is 31.5. The van der Waals surface area contributed by atoms with Crippen LogP contribution in [-0.4, -0.2) is 35.6 Å². The Morgan fingerprint density at radius 3 is 2.52 bits per heavy atom. The smallest absolute Gasteiger partial charge is 0.353 e. The number of methoxy groups -OCH3 is 1. The molecule has 0 aliphatic rings. The van der Waals surface area contributed by atoms with Crippen molar-refractivity contribution in [2.75, 3.05) is 7.11 Å². The van der Waals surface area contributed by atoms with E-state index in [1.807, 2.05) is 0 Å². The number of hydrogen-bond acceptors (Lipinski definition) is 5. The highest BCUT2D eigenvalue weighted by Gasteiger charge is 2.26. The molecule has 3 aromatic rings. The maximum absolute atomic E-state index is 12.9. The third-order valence-corrected chi connectivity index (χ3v) is 5.07. The van der Waals surface area contributed by atoms with Crippen LogP contribution in [0.5, 0.6) is 5.88 Å². The lowest BCUT2D eigenvalue weighted by molar-refractivity contribution is 0.0689. The number of rotatable bonds is 4. The highest BCUT2D eigenvalue weighted by atomic mass is 32.2. The fourth-order valence-electron chi connectivity index (χ4n) is 2.28. The topological polar surface area (TPSA) is 98.5 Å². The number of pyridine rings is 1. The van der Waals surface area contributed by atoms with Crippen molar-refractivity contribution in [2.24, 2.45) is 0 Å². The summed E-state index contributed by atoms with van der Waals surface area (Å²) in [4.78, 5) is 15.5. The van der Waals surface area contributed by atoms with Gasteiger partial charge in [0.2, 0.25) is 5.88 Å². The monoisotopic (exact) mass is 332 g/mol. The van der Waals surface area contributed by atoms with Gasteiger partial charge in [-0.05, 0) is 18.2 Å². The maximum atomic E-state index is 12.9. The van der Waals surface area contributed by atoms with Crippen LogP contribution in [0.2, 0.25) is 0 Å². The van der Waals surface area contributed by atoms with Gasteiger partial charge in [-0.25, -0.2) is 22.2 Å². The van der Waals surface area contributed by atoms with Crippen molar-refractivity contribution >= 4 is 26.9 Å². The Kier molecular flexibility index (Phi) is 3.53. The van der Waals surface area contributed by atoms with E-state index in [4.69, 9.17) is 4.74 Å². The van der Waals surface area contributed by atoms with Gasteiger partial charge in [-0.1, -0.05) is 18.2 Å². The zero-order valence-electron chi connectivity index (χ0n) is 12.0. The first kappa shape index (κ1) is 15.0. The predicted octanol–water partition coefficient (Wildman–Crippen LogP) is 1.98. The molecule has 0 radical (unpaired) electrons. The Hall–Kier alpha value is -2.87. The van der Waals surface area contributed by atoms with Crippen molar-refractivity contribution in [2.45, 2.75) is 4.90 Å². The molecule has 7 nitrogen and oxygen atoms in total. The van der Waals surface area contributed by atoms with E-state index < -0.39 is 16.0 Å². The third kappa shape index (κ3) is 2.42. The minimum absolute atomic E-state index is 0.00391. The fourth-order valence-corrected chi connectivity index (χ4v) is 3.80. The van der Waals surface area contributed by atoms with Gasteiger partial charge in [0.05, 0.1) is 17.5 Å². The van der Waals surface area contributed by atoms with E-state index in [2.05, 4.69) is 4.98 Å². The van der Waals surface area contributed by atoms with Gasteiger partial charge in [-0.2, -0.15) is 0 Å². The molecule has 0 spiro atoms. The Balaban J connectivity index is 2.39. The Labute approximate surface area is 131 Å². The SMILES string of the molecule is COc1cc2c(cn1)cc(C(=O)O)n2S(=O)(=O)c1ccccc1. The van der Waals surface area contributed by atoms with Crippen LogP contribution in [0.3, 0.4) is 0 Å². The normalized spacial score (nSPS) is 11.5. The van der Waals surface area contributed by atoms with Crippen molar-refractivity contribution in [1.29, 1.82) is 0 Å².